The first-order valence-electron chi connectivity index (χ1n) is 7.29. The van der Waals surface area contributed by atoms with Gasteiger partial charge in [0.25, 0.3) is 5.56 Å². The van der Waals surface area contributed by atoms with Crippen LogP contribution in [0.25, 0.3) is 16.6 Å². The Bertz CT molecular complexity index is 1050. The molecular weight excluding hydrogens is 312 g/mol. The van der Waals surface area contributed by atoms with E-state index in [1.165, 1.54) is 0 Å². The number of aryl methyl sites for hydroxylation is 1. The summed E-state index contributed by atoms with van der Waals surface area (Å²) in [4.78, 5) is 40.0. The molecule has 0 bridgehead atoms. The molecule has 0 aliphatic carbocycles. The van der Waals surface area contributed by atoms with E-state index in [1.54, 1.807) is 25.1 Å². The number of carbonyl (C=O) groups is 2. The molecule has 0 saturated heterocycles. The lowest BCUT2D eigenvalue weighted by molar-refractivity contribution is 0.0519. The van der Waals surface area contributed by atoms with Gasteiger partial charge in [-0.25, -0.2) is 4.79 Å². The highest BCUT2D eigenvalue weighted by Crippen LogP contribution is 2.22. The average molecular weight is 326 g/mol. The maximum Gasteiger partial charge on any atom is 0.349 e. The van der Waals surface area contributed by atoms with Gasteiger partial charge in [-0.1, -0.05) is 11.6 Å². The number of fused-ring (bicyclic) bond motifs is 3. The number of hydrogen-bond acceptors (Lipinski definition) is 6. The van der Waals surface area contributed by atoms with Crippen molar-refractivity contribution in [2.24, 2.45) is 0 Å². The van der Waals surface area contributed by atoms with Crippen LogP contribution >= 0.6 is 0 Å². The number of aromatic hydroxyl groups is 1. The van der Waals surface area contributed by atoms with Crippen LogP contribution in [0.15, 0.2) is 29.1 Å². The fourth-order valence-corrected chi connectivity index (χ4v) is 2.62. The van der Waals surface area contributed by atoms with Crippen molar-refractivity contribution >= 4 is 28.8 Å². The van der Waals surface area contributed by atoms with E-state index in [0.717, 1.165) is 9.96 Å². The van der Waals surface area contributed by atoms with Crippen molar-refractivity contribution < 1.29 is 19.4 Å². The third-order valence-electron chi connectivity index (χ3n) is 3.66. The largest absolute Gasteiger partial charge is 0.492 e. The zero-order valence-corrected chi connectivity index (χ0v) is 13.1. The summed E-state index contributed by atoms with van der Waals surface area (Å²) >= 11 is 0. The molecule has 7 nitrogen and oxygen atoms in total. The topological polar surface area (TPSA) is 98.0 Å². The van der Waals surface area contributed by atoms with Gasteiger partial charge in [-0.05, 0) is 37.4 Å². The van der Waals surface area contributed by atoms with Gasteiger partial charge in [0.1, 0.15) is 0 Å². The molecule has 0 radical (unpaired) electrons. The first kappa shape index (κ1) is 15.7. The van der Waals surface area contributed by atoms with Crippen LogP contribution in [0.5, 0.6) is 5.88 Å². The minimum Gasteiger partial charge on any atom is -0.492 e. The number of pyridine rings is 1. The zero-order valence-electron chi connectivity index (χ0n) is 13.1. The molecule has 24 heavy (non-hydrogen) atoms. The standard InChI is InChI=1S/C17H14N2O5/c1-3-24-17(23)13-15(21)18-14-11(8-20)7-10-6-9(2)4-5-12(10)19(14)16(13)22/h4-8,21H,3H2,1-2H3. The zero-order chi connectivity index (χ0) is 17.4. The second-order valence-electron chi connectivity index (χ2n) is 5.27. The molecule has 3 aromatic rings. The highest BCUT2D eigenvalue weighted by atomic mass is 16.5. The third-order valence-corrected chi connectivity index (χ3v) is 3.66. The highest BCUT2D eigenvalue weighted by Gasteiger charge is 2.23. The van der Waals surface area contributed by atoms with Gasteiger partial charge in [-0.2, -0.15) is 4.98 Å². The fourth-order valence-electron chi connectivity index (χ4n) is 2.62. The first-order valence-corrected chi connectivity index (χ1v) is 7.29. The summed E-state index contributed by atoms with van der Waals surface area (Å²) in [6.07, 6.45) is 0.549. The molecule has 0 fully saturated rings. The number of esters is 1. The van der Waals surface area contributed by atoms with Crippen LogP contribution in [0, 0.1) is 6.92 Å². The predicted octanol–water partition coefficient (Wildman–Crippen LogP) is 1.85. The molecule has 0 aliphatic rings. The maximum absolute atomic E-state index is 12.8. The molecule has 1 aromatic carbocycles. The molecule has 0 aliphatic heterocycles. The Morgan fingerprint density at radius 2 is 2.12 bits per heavy atom. The fraction of sp³-hybridized carbons (Fsp3) is 0.176. The summed E-state index contributed by atoms with van der Waals surface area (Å²) in [6, 6.07) is 6.89. The molecule has 2 heterocycles. The van der Waals surface area contributed by atoms with Crippen LogP contribution in [0.3, 0.4) is 0 Å². The van der Waals surface area contributed by atoms with Crippen molar-refractivity contribution in [2.75, 3.05) is 6.61 Å². The van der Waals surface area contributed by atoms with E-state index in [4.69, 9.17) is 4.74 Å². The van der Waals surface area contributed by atoms with E-state index in [0.29, 0.717) is 17.2 Å². The van der Waals surface area contributed by atoms with Crippen molar-refractivity contribution in [3.63, 3.8) is 0 Å². The molecule has 3 rings (SSSR count). The van der Waals surface area contributed by atoms with E-state index in [-0.39, 0.29) is 17.8 Å². The van der Waals surface area contributed by atoms with E-state index in [2.05, 4.69) is 4.98 Å². The van der Waals surface area contributed by atoms with Crippen LogP contribution in [-0.2, 0) is 4.74 Å². The summed E-state index contributed by atoms with van der Waals surface area (Å²) in [5.41, 5.74) is 0.203. The van der Waals surface area contributed by atoms with Crippen LogP contribution in [0.2, 0.25) is 0 Å². The van der Waals surface area contributed by atoms with Crippen molar-refractivity contribution in [3.05, 3.63) is 51.3 Å². The number of rotatable bonds is 3. The molecule has 0 spiro atoms. The summed E-state index contributed by atoms with van der Waals surface area (Å²) in [6.45, 7) is 3.52. The molecule has 2 aromatic heterocycles. The van der Waals surface area contributed by atoms with Gasteiger partial charge in [-0.15, -0.1) is 0 Å². The third kappa shape index (κ3) is 2.30. The number of ether oxygens (including phenoxy) is 1. The van der Waals surface area contributed by atoms with Gasteiger partial charge in [-0.3, -0.25) is 14.0 Å². The van der Waals surface area contributed by atoms with Gasteiger partial charge in [0, 0.05) is 0 Å². The molecule has 0 atom stereocenters. The molecule has 1 N–H and O–H groups in total. The Balaban J connectivity index is 2.53. The van der Waals surface area contributed by atoms with E-state index < -0.39 is 23.0 Å². The molecule has 0 amide bonds. The summed E-state index contributed by atoms with van der Waals surface area (Å²) < 4.78 is 5.95. The summed E-state index contributed by atoms with van der Waals surface area (Å²) in [5.74, 6) is -1.72. The Morgan fingerprint density at radius 3 is 2.79 bits per heavy atom. The lowest BCUT2D eigenvalue weighted by Crippen LogP contribution is -2.25. The Morgan fingerprint density at radius 1 is 1.38 bits per heavy atom. The second-order valence-corrected chi connectivity index (χ2v) is 5.27. The number of hydrogen-bond donors (Lipinski definition) is 1. The molecule has 122 valence electrons. The number of nitrogens with zero attached hydrogens (tertiary/aromatic N) is 2. The van der Waals surface area contributed by atoms with Crippen molar-refractivity contribution in [3.8, 4) is 5.88 Å². The van der Waals surface area contributed by atoms with Gasteiger partial charge in [0.05, 0.1) is 17.7 Å². The second kappa shape index (κ2) is 5.77. The van der Waals surface area contributed by atoms with Gasteiger partial charge in [0.2, 0.25) is 5.88 Å². The average Bonchev–Trinajstić information content (AvgIpc) is 2.53. The normalized spacial score (nSPS) is 10.9. The number of aldehydes is 1. The number of carbonyl (C=O) groups excluding carboxylic acids is 2. The lowest BCUT2D eigenvalue weighted by atomic mass is 10.1. The molecular formula is C17H14N2O5. The van der Waals surface area contributed by atoms with Gasteiger partial charge >= 0.3 is 5.97 Å². The summed E-state index contributed by atoms with van der Waals surface area (Å²) in [7, 11) is 0. The Hall–Kier alpha value is -3.22. The highest BCUT2D eigenvalue weighted by molar-refractivity contribution is 5.96. The van der Waals surface area contributed by atoms with Crippen molar-refractivity contribution in [1.82, 2.24) is 9.38 Å². The SMILES string of the molecule is CCOC(=O)c1c(O)nc2c(C=O)cc3cc(C)ccc3n2c1=O. The molecule has 7 heteroatoms. The molecule has 0 saturated carbocycles. The first-order chi connectivity index (χ1) is 11.5. The van der Waals surface area contributed by atoms with Gasteiger partial charge < -0.3 is 9.84 Å². The quantitative estimate of drug-likeness (QED) is 0.448. The molecule has 0 unspecified atom stereocenters. The van der Waals surface area contributed by atoms with Crippen LogP contribution in [-0.4, -0.2) is 33.4 Å². The smallest absolute Gasteiger partial charge is 0.349 e. The maximum atomic E-state index is 12.8. The Kier molecular flexibility index (Phi) is 3.76. The van der Waals surface area contributed by atoms with Crippen LogP contribution in [0.4, 0.5) is 0 Å². The van der Waals surface area contributed by atoms with E-state index in [1.807, 2.05) is 13.0 Å². The van der Waals surface area contributed by atoms with Crippen molar-refractivity contribution in [1.29, 1.82) is 0 Å². The van der Waals surface area contributed by atoms with Crippen molar-refractivity contribution in [2.45, 2.75) is 13.8 Å². The van der Waals surface area contributed by atoms with E-state index >= 15 is 0 Å². The minimum absolute atomic E-state index is 0.0168. The van der Waals surface area contributed by atoms with Gasteiger partial charge in [0.15, 0.2) is 17.5 Å². The van der Waals surface area contributed by atoms with Crippen LogP contribution < -0.4 is 5.56 Å². The predicted molar refractivity (Wildman–Crippen MR) is 86.7 cm³/mol. The number of aromatic nitrogens is 2. The van der Waals surface area contributed by atoms with E-state index in [9.17, 15) is 19.5 Å². The van der Waals surface area contributed by atoms with Crippen LogP contribution in [0.1, 0.15) is 33.2 Å². The minimum atomic E-state index is -0.960. The Labute approximate surface area is 136 Å². The summed E-state index contributed by atoms with van der Waals surface area (Å²) in [5, 5.41) is 10.6. The number of benzene rings is 1. The lowest BCUT2D eigenvalue weighted by Gasteiger charge is -2.11. The monoisotopic (exact) mass is 326 g/mol.